The fraction of sp³-hybridized carbons (Fsp3) is 0.656. The summed E-state index contributed by atoms with van der Waals surface area (Å²) in [5.41, 5.74) is 4.19. The second kappa shape index (κ2) is 13.1. The molecular formula is C32H46N2O4. The van der Waals surface area contributed by atoms with E-state index in [1.807, 2.05) is 17.7 Å². The van der Waals surface area contributed by atoms with E-state index < -0.39 is 6.04 Å². The average molecular weight is 523 g/mol. The molecule has 4 rings (SSSR count). The predicted octanol–water partition coefficient (Wildman–Crippen LogP) is 6.29. The summed E-state index contributed by atoms with van der Waals surface area (Å²) in [5, 5.41) is 0.961. The number of carbonyl (C=O) groups is 3. The van der Waals surface area contributed by atoms with Gasteiger partial charge in [-0.15, -0.1) is 0 Å². The highest BCUT2D eigenvalue weighted by Gasteiger charge is 2.41. The molecule has 1 aromatic carbocycles. The third-order valence-electron chi connectivity index (χ3n) is 8.32. The molecule has 6 heteroatoms. The Morgan fingerprint density at radius 2 is 1.82 bits per heavy atom. The first-order valence-electron chi connectivity index (χ1n) is 14.9. The van der Waals surface area contributed by atoms with Crippen molar-refractivity contribution < 1.29 is 19.1 Å². The largest absolute Gasteiger partial charge is 0.376 e. The number of Topliss-reactive ketones (excluding diaryl/α,β-unsaturated/α-hetero) is 2. The number of fused-ring (bicyclic) bond motifs is 2. The summed E-state index contributed by atoms with van der Waals surface area (Å²) in [6.07, 6.45) is 12.5. The fourth-order valence-electron chi connectivity index (χ4n) is 6.19. The van der Waals surface area contributed by atoms with Crippen LogP contribution in [0.5, 0.6) is 0 Å². The van der Waals surface area contributed by atoms with Crippen LogP contribution in [0, 0.1) is 5.92 Å². The van der Waals surface area contributed by atoms with Crippen molar-refractivity contribution in [2.24, 2.45) is 5.92 Å². The molecule has 2 aromatic rings. The molecule has 0 spiro atoms. The Morgan fingerprint density at radius 1 is 1.08 bits per heavy atom. The van der Waals surface area contributed by atoms with Crippen LogP contribution < -0.4 is 0 Å². The van der Waals surface area contributed by atoms with Crippen LogP contribution in [0.25, 0.3) is 10.9 Å². The van der Waals surface area contributed by atoms with Gasteiger partial charge in [-0.1, -0.05) is 52.5 Å². The van der Waals surface area contributed by atoms with Crippen LogP contribution >= 0.6 is 0 Å². The monoisotopic (exact) mass is 522 g/mol. The van der Waals surface area contributed by atoms with Gasteiger partial charge in [-0.2, -0.15) is 0 Å². The molecule has 2 aliphatic heterocycles. The number of ether oxygens (including phenoxy) is 1. The summed E-state index contributed by atoms with van der Waals surface area (Å²) in [7, 11) is 0. The number of amides is 1. The predicted molar refractivity (Wildman–Crippen MR) is 152 cm³/mol. The van der Waals surface area contributed by atoms with E-state index >= 15 is 0 Å². The van der Waals surface area contributed by atoms with Gasteiger partial charge in [0, 0.05) is 36.7 Å². The molecule has 0 N–H and O–H groups in total. The standard InChI is InChI=1S/C32H46N2O4/c1-5-28(36)32-29-15-16-34(32)30(37)21-33-20-27(23(4)35)26-19-24(14-13-22(2)3)18-25(31(26)33)12-10-8-6-7-9-11-17-38-29/h18-20,22,29,32H,5-17,21H2,1-4H3/t29-,32-/m1/s1. The van der Waals surface area contributed by atoms with Gasteiger partial charge in [0.2, 0.25) is 5.91 Å². The molecule has 1 fully saturated rings. The minimum atomic E-state index is -0.514. The van der Waals surface area contributed by atoms with E-state index in [0.717, 1.165) is 49.4 Å². The summed E-state index contributed by atoms with van der Waals surface area (Å²) in [5.74, 6) is 0.618. The molecule has 1 saturated heterocycles. The second-order valence-electron chi connectivity index (χ2n) is 11.7. The highest BCUT2D eigenvalue weighted by Crippen LogP contribution is 2.31. The maximum absolute atomic E-state index is 13.7. The van der Waals surface area contributed by atoms with Gasteiger partial charge < -0.3 is 14.2 Å². The molecule has 0 aliphatic carbocycles. The quantitative estimate of drug-likeness (QED) is 0.418. The van der Waals surface area contributed by atoms with Crippen LogP contribution in [-0.4, -0.2) is 52.2 Å². The third kappa shape index (κ3) is 6.56. The van der Waals surface area contributed by atoms with Crippen molar-refractivity contribution in [3.8, 4) is 0 Å². The molecule has 1 aromatic heterocycles. The van der Waals surface area contributed by atoms with E-state index in [4.69, 9.17) is 4.74 Å². The molecule has 2 bridgehead atoms. The second-order valence-corrected chi connectivity index (χ2v) is 11.7. The maximum atomic E-state index is 13.7. The van der Waals surface area contributed by atoms with Gasteiger partial charge in [0.15, 0.2) is 11.6 Å². The first-order chi connectivity index (χ1) is 18.3. The van der Waals surface area contributed by atoms with Crippen molar-refractivity contribution in [3.63, 3.8) is 0 Å². The van der Waals surface area contributed by atoms with Crippen molar-refractivity contribution in [3.05, 3.63) is 35.0 Å². The molecule has 38 heavy (non-hydrogen) atoms. The fourth-order valence-corrected chi connectivity index (χ4v) is 6.19. The lowest BCUT2D eigenvalue weighted by Crippen LogP contribution is -2.46. The van der Waals surface area contributed by atoms with Crippen molar-refractivity contribution in [1.82, 2.24) is 9.47 Å². The lowest BCUT2D eigenvalue weighted by Gasteiger charge is -2.27. The number of aromatic nitrogens is 1. The molecule has 2 aliphatic rings. The zero-order valence-electron chi connectivity index (χ0n) is 23.9. The van der Waals surface area contributed by atoms with Crippen molar-refractivity contribution >= 4 is 28.4 Å². The molecule has 0 radical (unpaired) electrons. The smallest absolute Gasteiger partial charge is 0.243 e. The van der Waals surface area contributed by atoms with E-state index in [9.17, 15) is 14.4 Å². The molecule has 0 saturated carbocycles. The molecule has 2 atom stereocenters. The van der Waals surface area contributed by atoms with E-state index in [2.05, 4.69) is 26.0 Å². The Balaban J connectivity index is 1.75. The number of nitrogens with zero attached hydrogens (tertiary/aromatic N) is 2. The molecule has 3 heterocycles. The number of rotatable bonds is 6. The van der Waals surface area contributed by atoms with Gasteiger partial charge >= 0.3 is 0 Å². The topological polar surface area (TPSA) is 68.6 Å². The van der Waals surface area contributed by atoms with Crippen LogP contribution in [0.4, 0.5) is 0 Å². The molecule has 208 valence electrons. The van der Waals surface area contributed by atoms with E-state index in [-0.39, 0.29) is 30.1 Å². The first kappa shape index (κ1) is 28.5. The van der Waals surface area contributed by atoms with Crippen LogP contribution in [-0.2, 0) is 33.7 Å². The van der Waals surface area contributed by atoms with Gasteiger partial charge in [0.25, 0.3) is 0 Å². The summed E-state index contributed by atoms with van der Waals surface area (Å²) in [6.45, 7) is 9.25. The minimum Gasteiger partial charge on any atom is -0.376 e. The Hall–Kier alpha value is -2.47. The number of aryl methyl sites for hydroxylation is 2. The van der Waals surface area contributed by atoms with Gasteiger partial charge in [-0.3, -0.25) is 14.4 Å². The van der Waals surface area contributed by atoms with Crippen molar-refractivity contribution in [1.29, 1.82) is 0 Å². The van der Waals surface area contributed by atoms with E-state index in [1.54, 1.807) is 11.8 Å². The van der Waals surface area contributed by atoms with Crippen LogP contribution in [0.1, 0.15) is 107 Å². The van der Waals surface area contributed by atoms with Crippen LogP contribution in [0.3, 0.4) is 0 Å². The number of hydrogen-bond donors (Lipinski definition) is 0. The number of hydrogen-bond acceptors (Lipinski definition) is 4. The van der Waals surface area contributed by atoms with Gasteiger partial charge in [0.1, 0.15) is 12.6 Å². The Labute approximate surface area is 228 Å². The average Bonchev–Trinajstić information content (AvgIpc) is 3.47. The molecule has 6 nitrogen and oxygen atoms in total. The maximum Gasteiger partial charge on any atom is 0.243 e. The minimum absolute atomic E-state index is 0.0176. The van der Waals surface area contributed by atoms with E-state index in [1.165, 1.54) is 30.4 Å². The van der Waals surface area contributed by atoms with Gasteiger partial charge in [-0.25, -0.2) is 0 Å². The zero-order valence-corrected chi connectivity index (χ0v) is 23.9. The number of carbonyl (C=O) groups excluding carboxylic acids is 3. The van der Waals surface area contributed by atoms with Crippen molar-refractivity contribution in [2.45, 2.75) is 117 Å². The van der Waals surface area contributed by atoms with Crippen LogP contribution in [0.2, 0.25) is 0 Å². The van der Waals surface area contributed by atoms with Crippen molar-refractivity contribution in [2.75, 3.05) is 13.2 Å². The Kier molecular flexibility index (Phi) is 9.80. The molecule has 1 amide bonds. The summed E-state index contributed by atoms with van der Waals surface area (Å²) in [6, 6.07) is 3.97. The Morgan fingerprint density at radius 3 is 2.53 bits per heavy atom. The summed E-state index contributed by atoms with van der Waals surface area (Å²) in [4.78, 5) is 41.2. The third-order valence-corrected chi connectivity index (χ3v) is 8.32. The Bertz CT molecular complexity index is 1150. The highest BCUT2D eigenvalue weighted by atomic mass is 16.5. The lowest BCUT2D eigenvalue weighted by molar-refractivity contribution is -0.140. The normalized spacial score (nSPS) is 21.7. The first-order valence-corrected chi connectivity index (χ1v) is 14.9. The molecule has 0 unspecified atom stereocenters. The summed E-state index contributed by atoms with van der Waals surface area (Å²) < 4.78 is 8.16. The van der Waals surface area contributed by atoms with E-state index in [0.29, 0.717) is 37.5 Å². The van der Waals surface area contributed by atoms with Gasteiger partial charge in [-0.05, 0) is 68.6 Å². The summed E-state index contributed by atoms with van der Waals surface area (Å²) >= 11 is 0. The number of ketones is 2. The lowest BCUT2D eigenvalue weighted by atomic mass is 9.95. The zero-order chi connectivity index (χ0) is 27.2. The SMILES string of the molecule is CCC(=O)[C@@H]1[C@H]2CCN1C(=O)Cn1cc(C(C)=O)c3cc(CCC(C)C)cc(c31)CCCCCCCCO2. The highest BCUT2D eigenvalue weighted by molar-refractivity contribution is 6.08. The van der Waals surface area contributed by atoms with Crippen LogP contribution in [0.15, 0.2) is 18.3 Å². The number of benzene rings is 1. The van der Waals surface area contributed by atoms with Gasteiger partial charge in [0.05, 0.1) is 11.6 Å². The molecular weight excluding hydrogens is 476 g/mol.